The van der Waals surface area contributed by atoms with Crippen molar-refractivity contribution in [3.8, 4) is 5.75 Å². The number of amides is 2. The van der Waals surface area contributed by atoms with Crippen molar-refractivity contribution in [1.29, 1.82) is 0 Å². The van der Waals surface area contributed by atoms with Crippen LogP contribution in [0.1, 0.15) is 39.0 Å². The summed E-state index contributed by atoms with van der Waals surface area (Å²) in [5.41, 5.74) is 4.30. The Hall–Kier alpha value is -1.51. The maximum atomic E-state index is 11.7. The number of halogens is 2. The lowest BCUT2D eigenvalue weighted by molar-refractivity contribution is -0.127. The number of hydrazine groups is 1. The fraction of sp³-hybridized carbons (Fsp3) is 0.529. The highest BCUT2D eigenvalue weighted by Crippen LogP contribution is 2.27. The third-order valence-corrected chi connectivity index (χ3v) is 5.59. The van der Waals surface area contributed by atoms with Crippen LogP contribution in [-0.2, 0) is 19.4 Å². The Balaban J connectivity index is 2.22. The molecule has 27 heavy (non-hydrogen) atoms. The highest BCUT2D eigenvalue weighted by molar-refractivity contribution is 7.92. The molecule has 0 aliphatic heterocycles. The van der Waals surface area contributed by atoms with Gasteiger partial charge in [0.2, 0.25) is 5.91 Å². The van der Waals surface area contributed by atoms with E-state index in [1.807, 2.05) is 6.92 Å². The summed E-state index contributed by atoms with van der Waals surface area (Å²) in [7, 11) is -3.46. The van der Waals surface area contributed by atoms with Crippen LogP contribution in [0.5, 0.6) is 5.75 Å². The van der Waals surface area contributed by atoms with Crippen molar-refractivity contribution in [2.45, 2.75) is 39.0 Å². The summed E-state index contributed by atoms with van der Waals surface area (Å²) >= 11 is 11.7. The zero-order valence-corrected chi connectivity index (χ0v) is 17.4. The summed E-state index contributed by atoms with van der Waals surface area (Å²) in [6.45, 7) is 2.21. The van der Waals surface area contributed by atoms with E-state index >= 15 is 0 Å². The molecule has 0 unspecified atom stereocenters. The summed E-state index contributed by atoms with van der Waals surface area (Å²) in [5.74, 6) is -1.42. The number of nitrogens with one attached hydrogen (secondary N) is 2. The van der Waals surface area contributed by atoms with E-state index in [4.69, 9.17) is 27.9 Å². The van der Waals surface area contributed by atoms with Gasteiger partial charge in [-0.3, -0.25) is 20.4 Å². The van der Waals surface area contributed by atoms with E-state index < -0.39 is 27.4 Å². The number of carbonyl (C=O) groups is 2. The van der Waals surface area contributed by atoms with Gasteiger partial charge in [0.25, 0.3) is 5.91 Å². The van der Waals surface area contributed by atoms with Gasteiger partial charge in [0.05, 0.1) is 17.4 Å². The summed E-state index contributed by atoms with van der Waals surface area (Å²) < 4.78 is 28.9. The molecule has 0 saturated heterocycles. The molecular weight excluding hydrogens is 415 g/mol. The van der Waals surface area contributed by atoms with Crippen LogP contribution in [0.3, 0.4) is 0 Å². The molecule has 0 aromatic heterocycles. The summed E-state index contributed by atoms with van der Waals surface area (Å²) in [5, 5.41) is 0.870. The molecule has 1 aromatic rings. The average molecular weight is 439 g/mol. The number of carbonyl (C=O) groups excluding carboxylic acids is 2. The molecule has 0 bridgehead atoms. The first-order valence-electron chi connectivity index (χ1n) is 8.59. The van der Waals surface area contributed by atoms with E-state index in [2.05, 4.69) is 10.9 Å². The van der Waals surface area contributed by atoms with Crippen molar-refractivity contribution in [2.24, 2.45) is 0 Å². The molecule has 0 aliphatic rings. The van der Waals surface area contributed by atoms with Crippen molar-refractivity contribution < 1.29 is 22.7 Å². The number of ether oxygens (including phenoxy) is 1. The average Bonchev–Trinajstić information content (AvgIpc) is 2.58. The van der Waals surface area contributed by atoms with E-state index in [9.17, 15) is 18.0 Å². The first kappa shape index (κ1) is 23.5. The van der Waals surface area contributed by atoms with E-state index in [0.717, 1.165) is 12.8 Å². The number of sulfone groups is 1. The van der Waals surface area contributed by atoms with Gasteiger partial charge in [-0.05, 0) is 31.0 Å². The van der Waals surface area contributed by atoms with Crippen molar-refractivity contribution in [1.82, 2.24) is 10.9 Å². The van der Waals surface area contributed by atoms with Gasteiger partial charge >= 0.3 is 0 Å². The minimum absolute atomic E-state index is 0.0349. The standard InChI is InChI=1S/C17H24Cl2N2O5S/c1-2-3-4-10-27(24,25)12-17(23)21-20-16(22)6-5-9-26-15-8-7-13(18)11-14(15)19/h7-8,11H,2-6,9-10,12H2,1H3,(H,20,22)(H,21,23). The normalized spacial score (nSPS) is 11.1. The van der Waals surface area contributed by atoms with Gasteiger partial charge in [-0.2, -0.15) is 0 Å². The van der Waals surface area contributed by atoms with Crippen molar-refractivity contribution >= 4 is 44.9 Å². The van der Waals surface area contributed by atoms with Crippen molar-refractivity contribution in [3.05, 3.63) is 28.2 Å². The predicted octanol–water partition coefficient (Wildman–Crippen LogP) is 2.90. The van der Waals surface area contributed by atoms with Gasteiger partial charge in [-0.1, -0.05) is 43.0 Å². The smallest absolute Gasteiger partial charge is 0.253 e. The number of benzene rings is 1. The van der Waals surface area contributed by atoms with Gasteiger partial charge in [0, 0.05) is 11.4 Å². The third kappa shape index (κ3) is 10.4. The lowest BCUT2D eigenvalue weighted by Crippen LogP contribution is -2.44. The number of hydrogen-bond donors (Lipinski definition) is 2. The molecule has 0 aliphatic carbocycles. The fourth-order valence-corrected chi connectivity index (χ4v) is 3.81. The third-order valence-electron chi connectivity index (χ3n) is 3.45. The number of hydrogen-bond acceptors (Lipinski definition) is 5. The van der Waals surface area contributed by atoms with Gasteiger partial charge < -0.3 is 4.74 Å². The summed E-state index contributed by atoms with van der Waals surface area (Å²) in [6, 6.07) is 4.82. The van der Waals surface area contributed by atoms with Gasteiger partial charge in [-0.25, -0.2) is 8.42 Å². The second kappa shape index (κ2) is 12.0. The molecule has 0 atom stereocenters. The van der Waals surface area contributed by atoms with Crippen LogP contribution in [0.2, 0.25) is 10.0 Å². The maximum Gasteiger partial charge on any atom is 0.253 e. The minimum Gasteiger partial charge on any atom is -0.492 e. The molecule has 0 spiro atoms. The molecule has 0 saturated carbocycles. The van der Waals surface area contributed by atoms with Gasteiger partial charge in [0.1, 0.15) is 11.5 Å². The zero-order valence-electron chi connectivity index (χ0n) is 15.1. The molecule has 1 rings (SSSR count). The van der Waals surface area contributed by atoms with Crippen molar-refractivity contribution in [3.63, 3.8) is 0 Å². The molecule has 7 nitrogen and oxygen atoms in total. The van der Waals surface area contributed by atoms with Crippen LogP contribution in [-0.4, -0.2) is 38.3 Å². The van der Waals surface area contributed by atoms with Gasteiger partial charge in [0.15, 0.2) is 9.84 Å². The van der Waals surface area contributed by atoms with Gasteiger partial charge in [-0.15, -0.1) is 0 Å². The van der Waals surface area contributed by atoms with Crippen LogP contribution >= 0.6 is 23.2 Å². The Morgan fingerprint density at radius 1 is 1.07 bits per heavy atom. The molecule has 10 heteroatoms. The Kier molecular flexibility index (Phi) is 10.5. The summed E-state index contributed by atoms with van der Waals surface area (Å²) in [4.78, 5) is 23.3. The largest absolute Gasteiger partial charge is 0.492 e. The minimum atomic E-state index is -3.46. The molecular formula is C17H24Cl2N2O5S. The van der Waals surface area contributed by atoms with E-state index in [1.54, 1.807) is 18.2 Å². The summed E-state index contributed by atoms with van der Waals surface area (Å²) in [6.07, 6.45) is 2.69. The molecule has 1 aromatic carbocycles. The van der Waals surface area contributed by atoms with Crippen LogP contribution in [0.25, 0.3) is 0 Å². The van der Waals surface area contributed by atoms with E-state index in [1.165, 1.54) is 0 Å². The SMILES string of the molecule is CCCCCS(=O)(=O)CC(=O)NNC(=O)CCCOc1ccc(Cl)cc1Cl. The Morgan fingerprint density at radius 3 is 2.44 bits per heavy atom. The molecule has 0 heterocycles. The lowest BCUT2D eigenvalue weighted by atomic mass is 10.3. The quantitative estimate of drug-likeness (QED) is 0.408. The highest BCUT2D eigenvalue weighted by Gasteiger charge is 2.16. The second-order valence-corrected chi connectivity index (χ2v) is 8.95. The number of unbranched alkanes of at least 4 members (excludes halogenated alkanes) is 2. The Bertz CT molecular complexity index is 741. The lowest BCUT2D eigenvalue weighted by Gasteiger charge is -2.09. The maximum absolute atomic E-state index is 11.7. The molecule has 152 valence electrons. The molecule has 0 fully saturated rings. The van der Waals surface area contributed by atoms with E-state index in [-0.39, 0.29) is 18.8 Å². The van der Waals surface area contributed by atoms with Crippen LogP contribution in [0.15, 0.2) is 18.2 Å². The molecule has 2 amide bonds. The Labute approximate surface area is 169 Å². The van der Waals surface area contributed by atoms with E-state index in [0.29, 0.717) is 28.6 Å². The molecule has 0 radical (unpaired) electrons. The zero-order chi connectivity index (χ0) is 20.3. The van der Waals surface area contributed by atoms with Crippen LogP contribution < -0.4 is 15.6 Å². The highest BCUT2D eigenvalue weighted by atomic mass is 35.5. The first-order chi connectivity index (χ1) is 12.7. The van der Waals surface area contributed by atoms with Crippen molar-refractivity contribution in [2.75, 3.05) is 18.1 Å². The topological polar surface area (TPSA) is 102 Å². The number of rotatable bonds is 11. The van der Waals surface area contributed by atoms with Crippen LogP contribution in [0.4, 0.5) is 0 Å². The monoisotopic (exact) mass is 438 g/mol. The Morgan fingerprint density at radius 2 is 1.78 bits per heavy atom. The van der Waals surface area contributed by atoms with Crippen LogP contribution in [0, 0.1) is 0 Å². The molecule has 2 N–H and O–H groups in total. The fourth-order valence-electron chi connectivity index (χ4n) is 2.09. The predicted molar refractivity (Wildman–Crippen MR) is 106 cm³/mol. The first-order valence-corrected chi connectivity index (χ1v) is 11.2. The second-order valence-electron chi connectivity index (χ2n) is 5.92.